The van der Waals surface area contributed by atoms with Gasteiger partial charge in [-0.3, -0.25) is 4.90 Å². The van der Waals surface area contributed by atoms with E-state index in [1.165, 1.54) is 21.9 Å². The molecule has 0 radical (unpaired) electrons. The highest BCUT2D eigenvalue weighted by Gasteiger charge is 2.49. The topological polar surface area (TPSA) is 84.6 Å². The molecule has 1 aliphatic carbocycles. The van der Waals surface area contributed by atoms with E-state index in [0.717, 1.165) is 122 Å². The molecule has 0 unspecified atom stereocenters. The molecule has 0 saturated carbocycles. The maximum absolute atomic E-state index is 7.33. The molecule has 6 heterocycles. The summed E-state index contributed by atoms with van der Waals surface area (Å²) in [5.74, 6) is 0.761. The van der Waals surface area contributed by atoms with Crippen LogP contribution in [0.15, 0.2) is 226 Å². The number of hydrogen-bond donors (Lipinski definition) is 0. The van der Waals surface area contributed by atoms with Crippen LogP contribution in [0.3, 0.4) is 0 Å². The number of benzene rings is 8. The van der Waals surface area contributed by atoms with Crippen LogP contribution >= 0.6 is 0 Å². The molecular weight excluding hydrogens is 1020 g/mol. The van der Waals surface area contributed by atoms with Gasteiger partial charge < -0.3 is 18.2 Å². The molecule has 0 aliphatic heterocycles. The normalized spacial score (nSPS) is 13.2. The molecule has 398 valence electrons. The van der Waals surface area contributed by atoms with Gasteiger partial charge in [-0.1, -0.05) is 143 Å². The van der Waals surface area contributed by atoms with Crippen molar-refractivity contribution in [3.8, 4) is 11.1 Å². The molecular formula is C73H59N5O3Si. The van der Waals surface area contributed by atoms with Gasteiger partial charge in [0.1, 0.15) is 22.6 Å². The van der Waals surface area contributed by atoms with Crippen LogP contribution < -0.4 is 15.0 Å². The highest BCUT2D eigenvalue weighted by atomic mass is 28.3. The van der Waals surface area contributed by atoms with Gasteiger partial charge in [-0.15, -0.1) is 0 Å². The molecule has 6 aromatic heterocycles. The third-order valence-corrected chi connectivity index (χ3v) is 19.0. The number of hydrogen-bond acceptors (Lipinski definition) is 8. The van der Waals surface area contributed by atoms with E-state index in [1.54, 1.807) is 12.4 Å². The van der Waals surface area contributed by atoms with Crippen molar-refractivity contribution in [3.63, 3.8) is 0 Å². The predicted molar refractivity (Wildman–Crippen MR) is 339 cm³/mol. The first-order valence-electron chi connectivity index (χ1n) is 28.2. The molecule has 82 heavy (non-hydrogen) atoms. The molecule has 15 rings (SSSR count). The van der Waals surface area contributed by atoms with Crippen molar-refractivity contribution in [1.82, 2.24) is 15.0 Å². The van der Waals surface area contributed by atoms with Crippen LogP contribution in [0.4, 0.5) is 34.3 Å². The molecule has 8 aromatic carbocycles. The van der Waals surface area contributed by atoms with E-state index in [0.29, 0.717) is 11.4 Å². The number of aryl methyl sites for hydroxylation is 2. The summed E-state index contributed by atoms with van der Waals surface area (Å²) in [7, 11) is -1.74. The lowest BCUT2D eigenvalue weighted by atomic mass is 9.67. The second-order valence-electron chi connectivity index (χ2n) is 24.2. The largest absolute Gasteiger partial charge is 0.454 e. The second-order valence-corrected chi connectivity index (χ2v) is 29.3. The summed E-state index contributed by atoms with van der Waals surface area (Å²) in [6.45, 7) is 18.3. The van der Waals surface area contributed by atoms with Crippen molar-refractivity contribution >= 4 is 114 Å². The Morgan fingerprint density at radius 1 is 0.463 bits per heavy atom. The Bertz CT molecular complexity index is 4840. The van der Waals surface area contributed by atoms with Gasteiger partial charge in [-0.25, -0.2) is 15.0 Å². The van der Waals surface area contributed by atoms with E-state index in [2.05, 4.69) is 262 Å². The third kappa shape index (κ3) is 7.67. The minimum Gasteiger partial charge on any atom is -0.454 e. The summed E-state index contributed by atoms with van der Waals surface area (Å²) in [6.07, 6.45) is 5.64. The Labute approximate surface area is 477 Å². The zero-order chi connectivity index (χ0) is 55.8. The first-order chi connectivity index (χ1) is 39.7. The van der Waals surface area contributed by atoms with E-state index in [4.69, 9.17) is 18.2 Å². The van der Waals surface area contributed by atoms with Gasteiger partial charge in [0, 0.05) is 80.1 Å². The Morgan fingerprint density at radius 2 is 1.05 bits per heavy atom. The SMILES string of the molecule is Cc1cccc(C2(c3cccc(C)c3)c3cc(N(c4ccc(C(C)(C)C)cc4)c4ccc5c(c4)oc4ncccc45)ccc3-c3c2cc(N(c2ccc4c(c2)oc2ncccc24)c2ccc([Si](C)(C)C)cn2)c2oc4ccccc4c32)c1. The number of rotatable bonds is 9. The van der Waals surface area contributed by atoms with Gasteiger partial charge in [-0.05, 0) is 154 Å². The van der Waals surface area contributed by atoms with Gasteiger partial charge in [0.15, 0.2) is 5.58 Å². The van der Waals surface area contributed by atoms with E-state index < -0.39 is 13.5 Å². The standard InChI is InChI=1S/C73H59N5O3Si/c1-44-15-11-17-47(37-44)73(48-18-12-16-45(2)38-48)60-39-50(77(49-25-23-46(24-26-49)72(3,4)5)51-27-31-54-56-20-13-35-74-70(56)80-64(54)40-51)29-33-58(60)67-61(73)42-62(69-68(67)59-19-9-10-22-63(59)79-69)78(66-34-30-53(43-76-66)82(6,7)8)52-28-32-55-57-21-14-36-75-71(57)81-65(55)41-52/h9-43H,1-8H3. The van der Waals surface area contributed by atoms with Gasteiger partial charge >= 0.3 is 0 Å². The Hall–Kier alpha value is -9.57. The summed E-state index contributed by atoms with van der Waals surface area (Å²) in [4.78, 5) is 19.3. The fraction of sp³-hybridized carbons (Fsp3) is 0.137. The van der Waals surface area contributed by atoms with Crippen LogP contribution in [0.2, 0.25) is 19.6 Å². The molecule has 0 bridgehead atoms. The van der Waals surface area contributed by atoms with Crippen molar-refractivity contribution in [3.05, 3.63) is 252 Å². The molecule has 0 N–H and O–H groups in total. The first kappa shape index (κ1) is 49.5. The monoisotopic (exact) mass is 1080 g/mol. The lowest BCUT2D eigenvalue weighted by molar-refractivity contribution is 0.590. The van der Waals surface area contributed by atoms with Crippen LogP contribution in [0, 0.1) is 13.8 Å². The number of pyridine rings is 3. The number of anilines is 6. The van der Waals surface area contributed by atoms with Crippen LogP contribution in [0.25, 0.3) is 77.2 Å². The summed E-state index contributed by atoms with van der Waals surface area (Å²) in [5.41, 5.74) is 18.6. The quantitative estimate of drug-likeness (QED) is 0.132. The summed E-state index contributed by atoms with van der Waals surface area (Å²) in [6, 6.07) is 70.8. The molecule has 14 aromatic rings. The van der Waals surface area contributed by atoms with Gasteiger partial charge in [0.25, 0.3) is 0 Å². The molecule has 8 nitrogen and oxygen atoms in total. The van der Waals surface area contributed by atoms with Crippen LogP contribution in [-0.2, 0) is 10.8 Å². The Balaban J connectivity index is 1.05. The lowest BCUT2D eigenvalue weighted by Crippen LogP contribution is -2.37. The average molecular weight is 1080 g/mol. The molecule has 1 aliphatic rings. The van der Waals surface area contributed by atoms with Gasteiger partial charge in [0.05, 0.1) is 24.9 Å². The van der Waals surface area contributed by atoms with Crippen molar-refractivity contribution in [2.75, 3.05) is 9.80 Å². The first-order valence-corrected chi connectivity index (χ1v) is 31.7. The minimum absolute atomic E-state index is 0.0354. The Kier molecular flexibility index (Phi) is 11.0. The summed E-state index contributed by atoms with van der Waals surface area (Å²) < 4.78 is 20.4. The molecule has 0 fully saturated rings. The lowest BCUT2D eigenvalue weighted by Gasteiger charge is -2.36. The number of fused-ring (bicyclic) bond motifs is 13. The van der Waals surface area contributed by atoms with Crippen molar-refractivity contribution in [1.29, 1.82) is 0 Å². The smallest absolute Gasteiger partial charge is 0.227 e. The fourth-order valence-electron chi connectivity index (χ4n) is 12.9. The second kappa shape index (κ2) is 18.2. The van der Waals surface area contributed by atoms with E-state index >= 15 is 0 Å². The average Bonchev–Trinajstić information content (AvgIpc) is 1.64. The highest BCUT2D eigenvalue weighted by molar-refractivity contribution is 6.88. The van der Waals surface area contributed by atoms with Crippen LogP contribution in [-0.4, -0.2) is 23.0 Å². The summed E-state index contributed by atoms with van der Waals surface area (Å²) in [5, 5.41) is 7.32. The number of para-hydroxylation sites is 1. The number of aromatic nitrogens is 3. The van der Waals surface area contributed by atoms with Crippen molar-refractivity contribution < 1.29 is 13.3 Å². The molecule has 0 spiro atoms. The Morgan fingerprint density at radius 3 is 1.65 bits per heavy atom. The molecule has 0 amide bonds. The van der Waals surface area contributed by atoms with Crippen molar-refractivity contribution in [2.45, 2.75) is 65.1 Å². The van der Waals surface area contributed by atoms with E-state index in [9.17, 15) is 0 Å². The molecule has 9 heteroatoms. The molecule has 0 saturated heterocycles. The predicted octanol–water partition coefficient (Wildman–Crippen LogP) is 19.3. The van der Waals surface area contributed by atoms with E-state index in [1.807, 2.05) is 12.1 Å². The number of nitrogens with zero attached hydrogens (tertiary/aromatic N) is 5. The summed E-state index contributed by atoms with van der Waals surface area (Å²) >= 11 is 0. The van der Waals surface area contributed by atoms with Crippen LogP contribution in [0.5, 0.6) is 0 Å². The maximum atomic E-state index is 7.33. The maximum Gasteiger partial charge on any atom is 0.227 e. The number of furan rings is 3. The zero-order valence-corrected chi connectivity index (χ0v) is 48.2. The highest BCUT2D eigenvalue weighted by Crippen LogP contribution is 2.62. The zero-order valence-electron chi connectivity index (χ0n) is 47.2. The molecule has 0 atom stereocenters. The van der Waals surface area contributed by atoms with Gasteiger partial charge in [-0.2, -0.15) is 0 Å². The van der Waals surface area contributed by atoms with E-state index in [-0.39, 0.29) is 5.41 Å². The third-order valence-electron chi connectivity index (χ3n) is 16.9. The van der Waals surface area contributed by atoms with Crippen molar-refractivity contribution in [2.24, 2.45) is 0 Å². The van der Waals surface area contributed by atoms with Gasteiger partial charge in [0.2, 0.25) is 11.4 Å². The minimum atomic E-state index is -1.74. The fourth-order valence-corrected chi connectivity index (χ4v) is 13.9. The van der Waals surface area contributed by atoms with Crippen LogP contribution in [0.1, 0.15) is 59.7 Å².